The number of hydrogen-bond acceptors (Lipinski definition) is 4. The van der Waals surface area contributed by atoms with Gasteiger partial charge in [0.05, 0.1) is 12.0 Å². The van der Waals surface area contributed by atoms with Gasteiger partial charge in [-0.05, 0) is 13.0 Å². The van der Waals surface area contributed by atoms with Crippen LogP contribution in [0.5, 0.6) is 0 Å². The first-order valence-electron chi connectivity index (χ1n) is 4.49. The molecule has 5 nitrogen and oxygen atoms in total. The maximum absolute atomic E-state index is 11.9. The van der Waals surface area contributed by atoms with Crippen molar-refractivity contribution in [3.8, 4) is 0 Å². The summed E-state index contributed by atoms with van der Waals surface area (Å²) in [5, 5.41) is 19.8. The number of alkyl halides is 2. The fourth-order valence-corrected chi connectivity index (χ4v) is 1.40. The van der Waals surface area contributed by atoms with Gasteiger partial charge in [-0.25, -0.2) is 0 Å². The highest BCUT2D eigenvalue weighted by molar-refractivity contribution is 5.25. The molecule has 1 aliphatic carbocycles. The lowest BCUT2D eigenvalue weighted by molar-refractivity contribution is -0.526. The lowest BCUT2D eigenvalue weighted by atomic mass is 9.80. The predicted molar refractivity (Wildman–Crippen MR) is 50.3 cm³/mol. The van der Waals surface area contributed by atoms with Gasteiger partial charge in [-0.3, -0.25) is 10.1 Å². The quantitative estimate of drug-likeness (QED) is 0.589. The second-order valence-corrected chi connectivity index (χ2v) is 3.67. The number of rotatable bonds is 4. The van der Waals surface area contributed by atoms with Gasteiger partial charge in [0.25, 0.3) is 0 Å². The summed E-state index contributed by atoms with van der Waals surface area (Å²) in [6, 6.07) is -1.28. The Balaban J connectivity index is 2.93. The van der Waals surface area contributed by atoms with E-state index in [1.165, 1.54) is 19.1 Å². The number of nitro groups is 1. The molecule has 0 saturated heterocycles. The molecular weight excluding hydrogens is 224 g/mol. The van der Waals surface area contributed by atoms with Crippen LogP contribution in [0.1, 0.15) is 6.92 Å². The van der Waals surface area contributed by atoms with Crippen LogP contribution >= 0.6 is 0 Å². The highest BCUT2D eigenvalue weighted by Crippen LogP contribution is 2.31. The van der Waals surface area contributed by atoms with Crippen LogP contribution in [0.25, 0.3) is 0 Å². The molecule has 1 aliphatic rings. The standard InChI is InChI=1S/C9H11F2NO4/c1-9(5-13)3-2-6(16-8(10)11)4-7(9)12(14)15/h2-4,7-8,13H,5H2,1H3. The van der Waals surface area contributed by atoms with Crippen LogP contribution in [0.2, 0.25) is 0 Å². The van der Waals surface area contributed by atoms with Crippen LogP contribution in [-0.4, -0.2) is 29.3 Å². The molecule has 7 heteroatoms. The van der Waals surface area contributed by atoms with Gasteiger partial charge < -0.3 is 9.84 Å². The van der Waals surface area contributed by atoms with Crippen LogP contribution in [-0.2, 0) is 4.74 Å². The minimum absolute atomic E-state index is 0.261. The van der Waals surface area contributed by atoms with E-state index in [-0.39, 0.29) is 5.76 Å². The van der Waals surface area contributed by atoms with Crippen molar-refractivity contribution < 1.29 is 23.5 Å². The molecule has 16 heavy (non-hydrogen) atoms. The van der Waals surface area contributed by atoms with Crippen molar-refractivity contribution >= 4 is 0 Å². The van der Waals surface area contributed by atoms with E-state index in [1.807, 2.05) is 0 Å². The third kappa shape index (κ3) is 2.54. The summed E-state index contributed by atoms with van der Waals surface area (Å²) in [5.74, 6) is -0.261. The molecule has 2 atom stereocenters. The van der Waals surface area contributed by atoms with E-state index in [0.29, 0.717) is 0 Å². The average molecular weight is 235 g/mol. The summed E-state index contributed by atoms with van der Waals surface area (Å²) >= 11 is 0. The van der Waals surface area contributed by atoms with E-state index in [4.69, 9.17) is 5.11 Å². The SMILES string of the molecule is CC1(CO)C=CC(OC(F)F)=CC1[N+](=O)[O-]. The van der Waals surface area contributed by atoms with Crippen LogP contribution in [0.3, 0.4) is 0 Å². The Morgan fingerprint density at radius 3 is 2.81 bits per heavy atom. The van der Waals surface area contributed by atoms with E-state index >= 15 is 0 Å². The minimum Gasteiger partial charge on any atom is -0.435 e. The zero-order valence-electron chi connectivity index (χ0n) is 8.47. The zero-order valence-corrected chi connectivity index (χ0v) is 8.47. The van der Waals surface area contributed by atoms with E-state index < -0.39 is 29.6 Å². The van der Waals surface area contributed by atoms with Gasteiger partial charge in [0.2, 0.25) is 6.04 Å². The summed E-state index contributed by atoms with van der Waals surface area (Å²) in [4.78, 5) is 10.1. The van der Waals surface area contributed by atoms with Gasteiger partial charge in [0.15, 0.2) is 0 Å². The molecule has 0 fully saturated rings. The Morgan fingerprint density at radius 1 is 1.75 bits per heavy atom. The lowest BCUT2D eigenvalue weighted by Gasteiger charge is -2.28. The summed E-state index contributed by atoms with van der Waals surface area (Å²) in [5.41, 5.74) is -1.10. The number of nitrogens with zero attached hydrogens (tertiary/aromatic N) is 1. The molecule has 0 aromatic rings. The van der Waals surface area contributed by atoms with E-state index in [0.717, 1.165) is 6.08 Å². The van der Waals surface area contributed by atoms with Crippen molar-refractivity contribution in [3.05, 3.63) is 34.1 Å². The molecule has 0 amide bonds. The molecule has 0 aromatic carbocycles. The molecular formula is C9H11F2NO4. The topological polar surface area (TPSA) is 72.6 Å². The lowest BCUT2D eigenvalue weighted by Crippen LogP contribution is -2.40. The normalized spacial score (nSPS) is 29.1. The molecule has 1 N–H and O–H groups in total. The van der Waals surface area contributed by atoms with Gasteiger partial charge in [0, 0.05) is 11.0 Å². The Hall–Kier alpha value is -1.50. The van der Waals surface area contributed by atoms with Crippen LogP contribution < -0.4 is 0 Å². The van der Waals surface area contributed by atoms with Crippen molar-refractivity contribution in [2.45, 2.75) is 19.6 Å². The summed E-state index contributed by atoms with van der Waals surface area (Å²) < 4.78 is 27.9. The summed E-state index contributed by atoms with van der Waals surface area (Å²) in [6.45, 7) is -2.01. The second-order valence-electron chi connectivity index (χ2n) is 3.67. The van der Waals surface area contributed by atoms with Crippen LogP contribution in [0.15, 0.2) is 24.0 Å². The fourth-order valence-electron chi connectivity index (χ4n) is 1.40. The number of halogens is 2. The number of aliphatic hydroxyl groups excluding tert-OH is 1. The first-order valence-corrected chi connectivity index (χ1v) is 4.49. The molecule has 0 aromatic heterocycles. The van der Waals surface area contributed by atoms with Gasteiger partial charge in [-0.2, -0.15) is 8.78 Å². The molecule has 0 heterocycles. The highest BCUT2D eigenvalue weighted by atomic mass is 19.3. The third-order valence-corrected chi connectivity index (χ3v) is 2.42. The van der Waals surface area contributed by atoms with Gasteiger partial charge in [-0.1, -0.05) is 6.08 Å². The Labute approximate surface area is 90.2 Å². The molecule has 0 radical (unpaired) electrons. The van der Waals surface area contributed by atoms with Crippen molar-refractivity contribution in [2.24, 2.45) is 5.41 Å². The van der Waals surface area contributed by atoms with Crippen molar-refractivity contribution in [1.82, 2.24) is 0 Å². The highest BCUT2D eigenvalue weighted by Gasteiger charge is 2.41. The van der Waals surface area contributed by atoms with Crippen molar-refractivity contribution in [3.63, 3.8) is 0 Å². The molecule has 0 bridgehead atoms. The molecule has 1 rings (SSSR count). The molecule has 0 aliphatic heterocycles. The van der Waals surface area contributed by atoms with Crippen molar-refractivity contribution in [1.29, 1.82) is 0 Å². The average Bonchev–Trinajstić information content (AvgIpc) is 2.20. The van der Waals surface area contributed by atoms with E-state index in [9.17, 15) is 18.9 Å². The largest absolute Gasteiger partial charge is 0.435 e. The maximum atomic E-state index is 11.9. The first-order chi connectivity index (χ1) is 7.39. The minimum atomic E-state index is -3.03. The van der Waals surface area contributed by atoms with Gasteiger partial charge in [0.1, 0.15) is 5.76 Å². The number of allylic oxidation sites excluding steroid dienone is 1. The van der Waals surface area contributed by atoms with Crippen molar-refractivity contribution in [2.75, 3.05) is 6.61 Å². The summed E-state index contributed by atoms with van der Waals surface area (Å²) in [7, 11) is 0. The Kier molecular flexibility index (Phi) is 3.58. The van der Waals surface area contributed by atoms with E-state index in [1.54, 1.807) is 0 Å². The zero-order chi connectivity index (χ0) is 12.3. The Morgan fingerprint density at radius 2 is 2.38 bits per heavy atom. The smallest absolute Gasteiger partial charge is 0.387 e. The maximum Gasteiger partial charge on any atom is 0.387 e. The first kappa shape index (κ1) is 12.6. The number of aliphatic hydroxyl groups is 1. The molecule has 0 spiro atoms. The fraction of sp³-hybridized carbons (Fsp3) is 0.556. The molecule has 0 saturated carbocycles. The summed E-state index contributed by atoms with van der Waals surface area (Å²) in [6.07, 6.45) is 3.48. The van der Waals surface area contributed by atoms with Gasteiger partial charge >= 0.3 is 6.61 Å². The number of hydrogen-bond donors (Lipinski definition) is 1. The molecule has 2 unspecified atom stereocenters. The van der Waals surface area contributed by atoms with E-state index in [2.05, 4.69) is 4.74 Å². The molecule has 90 valence electrons. The number of ether oxygens (including phenoxy) is 1. The third-order valence-electron chi connectivity index (χ3n) is 2.42. The predicted octanol–water partition coefficient (Wildman–Crippen LogP) is 1.32. The van der Waals surface area contributed by atoms with Gasteiger partial charge in [-0.15, -0.1) is 0 Å². The van der Waals surface area contributed by atoms with Crippen LogP contribution in [0.4, 0.5) is 8.78 Å². The monoisotopic (exact) mass is 235 g/mol. The Bertz CT molecular complexity index is 342. The van der Waals surface area contributed by atoms with Crippen LogP contribution in [0, 0.1) is 15.5 Å². The second kappa shape index (κ2) is 4.56.